The van der Waals surface area contributed by atoms with Crippen LogP contribution in [0.4, 0.5) is 0 Å². The Balaban J connectivity index is 2.61. The van der Waals surface area contributed by atoms with Gasteiger partial charge in [0.2, 0.25) is 5.91 Å². The molecule has 0 aromatic heterocycles. The number of ether oxygens (including phenoxy) is 1. The molecule has 24 heavy (non-hydrogen) atoms. The minimum atomic E-state index is -4.23. The van der Waals surface area contributed by atoms with Crippen LogP contribution in [0.3, 0.4) is 0 Å². The smallest absolute Gasteiger partial charge is 0.312 e. The first-order chi connectivity index (χ1) is 11.1. The van der Waals surface area contributed by atoms with E-state index < -0.39 is 46.5 Å². The molecule has 1 atom stereocenters. The number of hydrogen-bond donors (Lipinski definition) is 4. The molecule has 134 valence electrons. The molecule has 0 aliphatic heterocycles. The average Bonchev–Trinajstić information content (AvgIpc) is 2.45. The molecule has 0 radical (unpaired) electrons. The van der Waals surface area contributed by atoms with Gasteiger partial charge in [-0.3, -0.25) is 14.1 Å². The molecule has 1 unspecified atom stereocenters. The highest BCUT2D eigenvalue weighted by Crippen LogP contribution is 2.15. The Kier molecular flexibility index (Phi) is 7.29. The summed E-state index contributed by atoms with van der Waals surface area (Å²) in [5.41, 5.74) is 0.652. The summed E-state index contributed by atoms with van der Waals surface area (Å²) in [6.45, 7) is 1.25. The van der Waals surface area contributed by atoms with Gasteiger partial charge in [-0.25, -0.2) is 0 Å². The highest BCUT2D eigenvalue weighted by atomic mass is 32.2. The molecule has 0 bridgehead atoms. The van der Waals surface area contributed by atoms with Gasteiger partial charge in [0.15, 0.2) is 6.29 Å². The molecule has 10 heteroatoms. The molecule has 0 heterocycles. The molecular weight excluding hydrogens is 342 g/mol. The van der Waals surface area contributed by atoms with Crippen LogP contribution in [0.2, 0.25) is 0 Å². The lowest BCUT2D eigenvalue weighted by atomic mass is 10.1. The van der Waals surface area contributed by atoms with E-state index in [9.17, 15) is 28.2 Å². The summed E-state index contributed by atoms with van der Waals surface area (Å²) >= 11 is 0. The van der Waals surface area contributed by atoms with Crippen molar-refractivity contribution in [3.63, 3.8) is 0 Å². The van der Waals surface area contributed by atoms with Gasteiger partial charge in [-0.15, -0.1) is 0 Å². The molecule has 1 rings (SSSR count). The summed E-state index contributed by atoms with van der Waals surface area (Å²) in [6.07, 6.45) is -2.07. The van der Waals surface area contributed by atoms with E-state index in [-0.39, 0.29) is 12.2 Å². The molecule has 0 aliphatic rings. The number of aliphatic hydroxyl groups excluding tert-OH is 1. The zero-order valence-electron chi connectivity index (χ0n) is 12.9. The Labute approximate surface area is 139 Å². The van der Waals surface area contributed by atoms with Gasteiger partial charge >= 0.3 is 5.97 Å². The van der Waals surface area contributed by atoms with Crippen molar-refractivity contribution < 1.29 is 37.5 Å². The van der Waals surface area contributed by atoms with Crippen molar-refractivity contribution in [3.8, 4) is 5.75 Å². The highest BCUT2D eigenvalue weighted by Gasteiger charge is 2.18. The first-order valence-electron chi connectivity index (χ1n) is 6.95. The quantitative estimate of drug-likeness (QED) is 0.204. The van der Waals surface area contributed by atoms with E-state index in [1.54, 1.807) is 12.1 Å². The SMILES string of the molecule is CC(=O)NC(Cc1ccc(OC(=O)CCS(=O)(=O)O)cc1)C(O)O. The minimum absolute atomic E-state index is 0.147. The number of hydrogen-bond acceptors (Lipinski definition) is 7. The molecule has 1 aromatic carbocycles. The summed E-state index contributed by atoms with van der Waals surface area (Å²) in [5, 5.41) is 20.8. The molecule has 9 nitrogen and oxygen atoms in total. The van der Waals surface area contributed by atoms with Crippen LogP contribution in [-0.4, -0.2) is 53.1 Å². The van der Waals surface area contributed by atoms with Gasteiger partial charge < -0.3 is 20.3 Å². The third-order valence-electron chi connectivity index (χ3n) is 2.92. The molecule has 4 N–H and O–H groups in total. The van der Waals surface area contributed by atoms with Crippen molar-refractivity contribution in [1.29, 1.82) is 0 Å². The van der Waals surface area contributed by atoms with Crippen LogP contribution in [0.5, 0.6) is 5.75 Å². The second kappa shape index (κ2) is 8.73. The van der Waals surface area contributed by atoms with Crippen molar-refractivity contribution in [2.24, 2.45) is 0 Å². The first kappa shape index (κ1) is 20.0. The van der Waals surface area contributed by atoms with E-state index in [0.717, 1.165) is 0 Å². The van der Waals surface area contributed by atoms with Crippen LogP contribution in [0.25, 0.3) is 0 Å². The number of aliphatic hydroxyl groups is 2. The fourth-order valence-electron chi connectivity index (χ4n) is 1.83. The Hall–Kier alpha value is -2.01. The van der Waals surface area contributed by atoms with E-state index >= 15 is 0 Å². The van der Waals surface area contributed by atoms with Crippen molar-refractivity contribution in [3.05, 3.63) is 29.8 Å². The molecule has 0 fully saturated rings. The van der Waals surface area contributed by atoms with Crippen LogP contribution in [0, 0.1) is 0 Å². The third-order valence-corrected chi connectivity index (χ3v) is 3.64. The van der Waals surface area contributed by atoms with Crippen LogP contribution >= 0.6 is 0 Å². The highest BCUT2D eigenvalue weighted by molar-refractivity contribution is 7.85. The second-order valence-corrected chi connectivity index (χ2v) is 6.65. The van der Waals surface area contributed by atoms with Crippen molar-refractivity contribution in [2.45, 2.75) is 32.1 Å². The summed E-state index contributed by atoms with van der Waals surface area (Å²) in [7, 11) is -4.23. The lowest BCUT2D eigenvalue weighted by Gasteiger charge is -2.19. The number of amides is 1. The minimum Gasteiger partial charge on any atom is -0.427 e. The fourth-order valence-corrected chi connectivity index (χ4v) is 2.26. The monoisotopic (exact) mass is 361 g/mol. The molecule has 1 amide bonds. The predicted molar refractivity (Wildman–Crippen MR) is 82.6 cm³/mol. The number of carbonyl (C=O) groups excluding carboxylic acids is 2. The Morgan fingerprint density at radius 1 is 1.21 bits per heavy atom. The lowest BCUT2D eigenvalue weighted by molar-refractivity contribution is -0.134. The average molecular weight is 361 g/mol. The molecule has 0 aliphatic carbocycles. The Morgan fingerprint density at radius 2 is 1.79 bits per heavy atom. The standard InChI is InChI=1S/C14H19NO8S/c1-9(16)15-12(14(18)19)8-10-2-4-11(5-3-10)23-13(17)6-7-24(20,21)22/h2-5,12,14,18-19H,6-8H2,1H3,(H,15,16)(H,20,21,22). The topological polar surface area (TPSA) is 150 Å². The third kappa shape index (κ3) is 8.02. The maximum Gasteiger partial charge on any atom is 0.312 e. The summed E-state index contributed by atoms with van der Waals surface area (Å²) in [6, 6.07) is 5.11. The van der Waals surface area contributed by atoms with Gasteiger partial charge in [0.25, 0.3) is 10.1 Å². The second-order valence-electron chi connectivity index (χ2n) is 5.08. The van der Waals surface area contributed by atoms with Crippen LogP contribution < -0.4 is 10.1 Å². The Morgan fingerprint density at radius 3 is 2.25 bits per heavy atom. The summed E-state index contributed by atoms with van der Waals surface area (Å²) in [4.78, 5) is 22.4. The van der Waals surface area contributed by atoms with Gasteiger partial charge in [0, 0.05) is 6.92 Å². The van der Waals surface area contributed by atoms with Gasteiger partial charge in [0.1, 0.15) is 5.75 Å². The van der Waals surface area contributed by atoms with Gasteiger partial charge in [-0.2, -0.15) is 8.42 Å². The zero-order valence-corrected chi connectivity index (χ0v) is 13.7. The Bertz CT molecular complexity index is 669. The van der Waals surface area contributed by atoms with Crippen molar-refractivity contribution >= 4 is 22.0 Å². The van der Waals surface area contributed by atoms with Crippen molar-refractivity contribution in [2.75, 3.05) is 5.75 Å². The maximum atomic E-state index is 11.4. The maximum absolute atomic E-state index is 11.4. The molecule has 1 aromatic rings. The van der Waals surface area contributed by atoms with Crippen LogP contribution in [-0.2, 0) is 26.1 Å². The summed E-state index contributed by atoms with van der Waals surface area (Å²) in [5.74, 6) is -1.78. The van der Waals surface area contributed by atoms with Gasteiger partial charge in [-0.1, -0.05) is 12.1 Å². The van der Waals surface area contributed by atoms with E-state index in [2.05, 4.69) is 5.32 Å². The first-order valence-corrected chi connectivity index (χ1v) is 8.56. The number of nitrogens with one attached hydrogen (secondary N) is 1. The number of rotatable bonds is 8. The molecule has 0 saturated heterocycles. The number of benzene rings is 1. The van der Waals surface area contributed by atoms with E-state index in [4.69, 9.17) is 9.29 Å². The van der Waals surface area contributed by atoms with Crippen molar-refractivity contribution in [1.82, 2.24) is 5.32 Å². The van der Waals surface area contributed by atoms with E-state index in [0.29, 0.717) is 5.56 Å². The fraction of sp³-hybridized carbons (Fsp3) is 0.429. The van der Waals surface area contributed by atoms with Gasteiger partial charge in [0.05, 0.1) is 18.2 Å². The zero-order chi connectivity index (χ0) is 18.3. The van der Waals surface area contributed by atoms with Crippen LogP contribution in [0.15, 0.2) is 24.3 Å². The number of carbonyl (C=O) groups is 2. The molecule has 0 spiro atoms. The van der Waals surface area contributed by atoms with E-state index in [1.165, 1.54) is 19.1 Å². The number of esters is 1. The van der Waals surface area contributed by atoms with E-state index in [1.807, 2.05) is 0 Å². The predicted octanol–water partition coefficient (Wildman–Crippen LogP) is -0.772. The lowest BCUT2D eigenvalue weighted by Crippen LogP contribution is -2.43. The normalized spacial score (nSPS) is 12.7. The van der Waals surface area contributed by atoms with Gasteiger partial charge in [-0.05, 0) is 24.1 Å². The summed E-state index contributed by atoms with van der Waals surface area (Å²) < 4.78 is 34.5. The molecule has 0 saturated carbocycles. The largest absolute Gasteiger partial charge is 0.427 e. The van der Waals surface area contributed by atoms with Crippen LogP contribution in [0.1, 0.15) is 18.9 Å². The molecular formula is C14H19NO8S.